The van der Waals surface area contributed by atoms with Crippen LogP contribution in [0.3, 0.4) is 0 Å². The van der Waals surface area contributed by atoms with Gasteiger partial charge in [-0.15, -0.1) is 0 Å². The first-order valence-corrected chi connectivity index (χ1v) is 11.8. The third-order valence-electron chi connectivity index (χ3n) is 6.44. The Morgan fingerprint density at radius 3 is 2.19 bits per heavy atom. The van der Waals surface area contributed by atoms with Gasteiger partial charge < -0.3 is 0 Å². The third kappa shape index (κ3) is 5.64. The summed E-state index contributed by atoms with van der Waals surface area (Å²) in [5, 5.41) is 2.53. The molecule has 32 heavy (non-hydrogen) atoms. The third-order valence-corrected chi connectivity index (χ3v) is 6.44. The first kappa shape index (κ1) is 24.6. The number of fused-ring (bicyclic) bond motifs is 1. The Hall–Kier alpha value is -2.08. The topological polar surface area (TPSA) is 32.3 Å². The van der Waals surface area contributed by atoms with Crippen LogP contribution in [0.1, 0.15) is 82.9 Å². The minimum absolute atomic E-state index is 0.00409. The van der Waals surface area contributed by atoms with Gasteiger partial charge in [-0.1, -0.05) is 81.8 Å². The fourth-order valence-electron chi connectivity index (χ4n) is 4.61. The number of rotatable bonds is 10. The molecule has 6 heteroatoms. The summed E-state index contributed by atoms with van der Waals surface area (Å²) in [4.78, 5) is 12.2. The molecule has 1 saturated heterocycles. The Morgan fingerprint density at radius 2 is 1.59 bits per heavy atom. The summed E-state index contributed by atoms with van der Waals surface area (Å²) < 4.78 is 42.7. The van der Waals surface area contributed by atoms with Crippen molar-refractivity contribution in [2.24, 2.45) is 5.41 Å². The number of halogens is 3. The van der Waals surface area contributed by atoms with Crippen molar-refractivity contribution in [3.05, 3.63) is 47.5 Å². The van der Waals surface area contributed by atoms with Crippen molar-refractivity contribution in [1.29, 1.82) is 0 Å². The van der Waals surface area contributed by atoms with E-state index >= 15 is 0 Å². The molecule has 1 N–H and O–H groups in total. The molecule has 2 aromatic carbocycles. The molecule has 1 fully saturated rings. The number of hydrogen-bond donors (Lipinski definition) is 1. The minimum atomic E-state index is -4.52. The van der Waals surface area contributed by atoms with Crippen LogP contribution in [-0.4, -0.2) is 23.6 Å². The van der Waals surface area contributed by atoms with E-state index in [4.69, 9.17) is 0 Å². The second-order valence-electron chi connectivity index (χ2n) is 9.63. The Bertz CT molecular complexity index is 923. The van der Waals surface area contributed by atoms with E-state index in [1.807, 2.05) is 18.2 Å². The molecule has 0 spiro atoms. The van der Waals surface area contributed by atoms with Crippen LogP contribution < -0.4 is 5.43 Å². The summed E-state index contributed by atoms with van der Waals surface area (Å²) in [5.74, 6) is -0.383. The number of nitrogens with zero attached hydrogens (tertiary/aromatic N) is 1. The Morgan fingerprint density at radius 1 is 0.969 bits per heavy atom. The summed E-state index contributed by atoms with van der Waals surface area (Å²) in [7, 11) is 0. The zero-order valence-electron chi connectivity index (χ0n) is 19.4. The molecule has 0 aliphatic carbocycles. The monoisotopic (exact) mass is 448 g/mol. The summed E-state index contributed by atoms with van der Waals surface area (Å²) in [6.45, 7) is 5.54. The fraction of sp³-hybridized carbons (Fsp3) is 0.577. The maximum Gasteiger partial charge on any atom is 0.409 e. The standard InChI is InChI=1S/C26H35F3N2O/c1-4-5-6-7-8-9-10-13-19-16-17-22(21-15-12-11-14-20(19)21)23(26(27,28)29)31-18-25(2,3)24(32)30-31/h11-12,14-17,23H,4-10,13,18H2,1-3H3,(H,30,32). The molecule has 0 bridgehead atoms. The van der Waals surface area contributed by atoms with E-state index in [-0.39, 0.29) is 18.0 Å². The average molecular weight is 449 g/mol. The van der Waals surface area contributed by atoms with Crippen molar-refractivity contribution < 1.29 is 18.0 Å². The van der Waals surface area contributed by atoms with Crippen molar-refractivity contribution in [2.75, 3.05) is 6.54 Å². The zero-order valence-corrected chi connectivity index (χ0v) is 19.4. The molecule has 1 aliphatic heterocycles. The highest BCUT2D eigenvalue weighted by molar-refractivity contribution is 5.89. The summed E-state index contributed by atoms with van der Waals surface area (Å²) in [6, 6.07) is 8.90. The molecule has 1 aliphatic rings. The largest absolute Gasteiger partial charge is 0.409 e. The van der Waals surface area contributed by atoms with E-state index in [1.165, 1.54) is 32.1 Å². The first-order valence-electron chi connectivity index (χ1n) is 11.8. The maximum absolute atomic E-state index is 14.2. The van der Waals surface area contributed by atoms with Crippen LogP contribution in [0.4, 0.5) is 13.2 Å². The summed E-state index contributed by atoms with van der Waals surface area (Å²) >= 11 is 0. The van der Waals surface area contributed by atoms with Crippen molar-refractivity contribution in [2.45, 2.75) is 84.4 Å². The average Bonchev–Trinajstić information content (AvgIpc) is 2.99. The van der Waals surface area contributed by atoms with Gasteiger partial charge in [-0.25, -0.2) is 5.01 Å². The minimum Gasteiger partial charge on any atom is -0.287 e. The molecule has 0 saturated carbocycles. The van der Waals surface area contributed by atoms with Crippen LogP contribution in [0.5, 0.6) is 0 Å². The van der Waals surface area contributed by atoms with Gasteiger partial charge in [0.15, 0.2) is 6.04 Å². The van der Waals surface area contributed by atoms with Crippen LogP contribution in [0.2, 0.25) is 0 Å². The van der Waals surface area contributed by atoms with E-state index in [0.29, 0.717) is 5.39 Å². The molecule has 1 unspecified atom stereocenters. The van der Waals surface area contributed by atoms with E-state index in [9.17, 15) is 18.0 Å². The van der Waals surface area contributed by atoms with Gasteiger partial charge in [-0.2, -0.15) is 13.2 Å². The van der Waals surface area contributed by atoms with Crippen molar-refractivity contribution in [1.82, 2.24) is 10.4 Å². The normalized spacial score (nSPS) is 17.6. The lowest BCUT2D eigenvalue weighted by Crippen LogP contribution is -2.43. The first-order chi connectivity index (χ1) is 15.1. The molecule has 176 valence electrons. The van der Waals surface area contributed by atoms with Gasteiger partial charge in [0.25, 0.3) is 0 Å². The van der Waals surface area contributed by atoms with Crippen LogP contribution in [-0.2, 0) is 11.2 Å². The number of carbonyl (C=O) groups is 1. The van der Waals surface area contributed by atoms with Crippen LogP contribution >= 0.6 is 0 Å². The van der Waals surface area contributed by atoms with Gasteiger partial charge in [0.05, 0.1) is 5.41 Å². The van der Waals surface area contributed by atoms with E-state index < -0.39 is 17.6 Å². The predicted molar refractivity (Wildman–Crippen MR) is 123 cm³/mol. The Balaban J connectivity index is 1.84. The lowest BCUT2D eigenvalue weighted by molar-refractivity contribution is -0.191. The van der Waals surface area contributed by atoms with Crippen molar-refractivity contribution >= 4 is 16.7 Å². The molecular weight excluding hydrogens is 413 g/mol. The predicted octanol–water partition coefficient (Wildman–Crippen LogP) is 7.11. The smallest absolute Gasteiger partial charge is 0.287 e. The number of unbranched alkanes of at least 4 members (excludes halogenated alkanes) is 6. The SMILES string of the molecule is CCCCCCCCCc1ccc(C(N2CC(C)(C)C(=O)N2)C(F)(F)F)c2ccccc12. The molecule has 0 radical (unpaired) electrons. The van der Waals surface area contributed by atoms with Gasteiger partial charge in [0, 0.05) is 6.54 Å². The highest BCUT2D eigenvalue weighted by atomic mass is 19.4. The number of nitrogens with one attached hydrogen (secondary N) is 1. The quantitative estimate of drug-likeness (QED) is 0.393. The highest BCUT2D eigenvalue weighted by Gasteiger charge is 2.51. The Labute approximate surface area is 189 Å². The molecule has 1 heterocycles. The van der Waals surface area contributed by atoms with Crippen molar-refractivity contribution in [3.63, 3.8) is 0 Å². The lowest BCUT2D eigenvalue weighted by Gasteiger charge is -2.31. The van der Waals surface area contributed by atoms with Gasteiger partial charge in [-0.05, 0) is 48.6 Å². The molecule has 3 nitrogen and oxygen atoms in total. The van der Waals surface area contributed by atoms with E-state index in [0.717, 1.165) is 35.2 Å². The lowest BCUT2D eigenvalue weighted by atomic mass is 9.91. The number of hydrazine groups is 1. The summed E-state index contributed by atoms with van der Waals surface area (Å²) in [6.07, 6.45) is 4.76. The number of amides is 1. The van der Waals surface area contributed by atoms with Gasteiger partial charge in [-0.3, -0.25) is 10.2 Å². The molecular formula is C26H35F3N2O. The number of carbonyl (C=O) groups excluding carboxylic acids is 1. The molecule has 1 amide bonds. The molecule has 1 atom stereocenters. The Kier molecular flexibility index (Phi) is 7.86. The number of aryl methyl sites for hydroxylation is 1. The highest BCUT2D eigenvalue weighted by Crippen LogP contribution is 2.43. The maximum atomic E-state index is 14.2. The van der Waals surface area contributed by atoms with Gasteiger partial charge >= 0.3 is 6.18 Å². The second kappa shape index (κ2) is 10.2. The molecule has 0 aromatic heterocycles. The number of benzene rings is 2. The van der Waals surface area contributed by atoms with E-state index in [1.54, 1.807) is 32.0 Å². The fourth-order valence-corrected chi connectivity index (χ4v) is 4.61. The number of hydrogen-bond acceptors (Lipinski definition) is 2. The van der Waals surface area contributed by atoms with E-state index in [2.05, 4.69) is 12.3 Å². The molecule has 3 rings (SSSR count). The van der Waals surface area contributed by atoms with Crippen LogP contribution in [0, 0.1) is 5.41 Å². The second-order valence-corrected chi connectivity index (χ2v) is 9.63. The van der Waals surface area contributed by atoms with Crippen molar-refractivity contribution in [3.8, 4) is 0 Å². The van der Waals surface area contributed by atoms with Gasteiger partial charge in [0.2, 0.25) is 5.91 Å². The zero-order chi connectivity index (χ0) is 23.4. The molecule has 2 aromatic rings. The van der Waals surface area contributed by atoms with Crippen LogP contribution in [0.25, 0.3) is 10.8 Å². The van der Waals surface area contributed by atoms with Crippen LogP contribution in [0.15, 0.2) is 36.4 Å². The number of alkyl halides is 3. The summed E-state index contributed by atoms with van der Waals surface area (Å²) in [5.41, 5.74) is 2.88. The van der Waals surface area contributed by atoms with Gasteiger partial charge in [0.1, 0.15) is 0 Å².